The molecule has 114 valence electrons. The van der Waals surface area contributed by atoms with Gasteiger partial charge in [0.2, 0.25) is 21.8 Å². The second kappa shape index (κ2) is 6.20. The Balaban J connectivity index is 1.94. The highest BCUT2D eigenvalue weighted by Gasteiger charge is 2.23. The lowest BCUT2D eigenvalue weighted by molar-refractivity contribution is -0.126. The molecule has 0 aromatic heterocycles. The number of hydrogen-bond donors (Lipinski definition) is 4. The molecule has 0 radical (unpaired) electrons. The summed E-state index contributed by atoms with van der Waals surface area (Å²) in [6.45, 7) is 0.495. The van der Waals surface area contributed by atoms with Crippen LogP contribution in [0.15, 0.2) is 29.2 Å². The Bertz CT molecular complexity index is 649. The van der Waals surface area contributed by atoms with Crippen LogP contribution in [0.5, 0.6) is 0 Å². The SMILES string of the molecule is NS(=O)(=O)c1cccc(CNC(=O)C2CNC(=O)CN2)c1. The Morgan fingerprint density at radius 3 is 2.81 bits per heavy atom. The average Bonchev–Trinajstić information content (AvgIpc) is 2.45. The van der Waals surface area contributed by atoms with Crippen molar-refractivity contribution in [1.29, 1.82) is 0 Å². The van der Waals surface area contributed by atoms with Crippen molar-refractivity contribution in [2.24, 2.45) is 5.14 Å². The van der Waals surface area contributed by atoms with Gasteiger partial charge in [-0.1, -0.05) is 12.1 Å². The molecule has 8 nitrogen and oxygen atoms in total. The third kappa shape index (κ3) is 4.25. The predicted octanol–water partition coefficient (Wildman–Crippen LogP) is -1.96. The second-order valence-electron chi connectivity index (χ2n) is 4.65. The number of carbonyl (C=O) groups is 2. The molecule has 0 aliphatic carbocycles. The summed E-state index contributed by atoms with van der Waals surface area (Å²) in [4.78, 5) is 22.9. The molecule has 1 aliphatic heterocycles. The van der Waals surface area contributed by atoms with E-state index in [9.17, 15) is 18.0 Å². The molecule has 9 heteroatoms. The standard InChI is InChI=1S/C12H16N4O4S/c13-21(19,20)9-3-1-2-8(4-9)5-16-12(18)10-6-15-11(17)7-14-10/h1-4,10,14H,5-7H2,(H,15,17)(H,16,18)(H2,13,19,20). The smallest absolute Gasteiger partial charge is 0.239 e. The molecule has 1 fully saturated rings. The molecule has 0 saturated carbocycles. The zero-order valence-corrected chi connectivity index (χ0v) is 11.9. The first-order valence-corrected chi connectivity index (χ1v) is 7.80. The van der Waals surface area contributed by atoms with E-state index < -0.39 is 16.1 Å². The lowest BCUT2D eigenvalue weighted by Crippen LogP contribution is -2.57. The van der Waals surface area contributed by atoms with Crippen LogP contribution in [0.1, 0.15) is 5.56 Å². The van der Waals surface area contributed by atoms with E-state index in [2.05, 4.69) is 16.0 Å². The second-order valence-corrected chi connectivity index (χ2v) is 6.21. The zero-order valence-electron chi connectivity index (χ0n) is 11.1. The van der Waals surface area contributed by atoms with Crippen molar-refractivity contribution < 1.29 is 18.0 Å². The molecule has 1 heterocycles. The van der Waals surface area contributed by atoms with Crippen LogP contribution in [-0.4, -0.2) is 39.4 Å². The zero-order chi connectivity index (χ0) is 15.5. The number of rotatable bonds is 4. The van der Waals surface area contributed by atoms with E-state index in [-0.39, 0.29) is 36.3 Å². The van der Waals surface area contributed by atoms with Crippen LogP contribution in [0.3, 0.4) is 0 Å². The van der Waals surface area contributed by atoms with Gasteiger partial charge >= 0.3 is 0 Å². The highest BCUT2D eigenvalue weighted by molar-refractivity contribution is 7.89. The van der Waals surface area contributed by atoms with E-state index >= 15 is 0 Å². The summed E-state index contributed by atoms with van der Waals surface area (Å²) in [5, 5.41) is 13.1. The number of nitrogens with two attached hydrogens (primary N) is 1. The summed E-state index contributed by atoms with van der Waals surface area (Å²) in [6, 6.07) is 5.54. The minimum absolute atomic E-state index is 0.00250. The van der Waals surface area contributed by atoms with Crippen LogP contribution in [0.2, 0.25) is 0 Å². The summed E-state index contributed by atoms with van der Waals surface area (Å²) in [5.74, 6) is -0.420. The molecule has 1 aromatic rings. The van der Waals surface area contributed by atoms with Crippen LogP contribution in [-0.2, 0) is 26.2 Å². The van der Waals surface area contributed by atoms with Gasteiger partial charge in [-0.2, -0.15) is 0 Å². The summed E-state index contributed by atoms with van der Waals surface area (Å²) in [7, 11) is -3.76. The van der Waals surface area contributed by atoms with Crippen molar-refractivity contribution in [3.05, 3.63) is 29.8 Å². The molecule has 1 unspecified atom stereocenters. The Hall–Kier alpha value is -1.97. The van der Waals surface area contributed by atoms with Crippen LogP contribution in [0.4, 0.5) is 0 Å². The van der Waals surface area contributed by atoms with Crippen molar-refractivity contribution in [2.45, 2.75) is 17.5 Å². The fraction of sp³-hybridized carbons (Fsp3) is 0.333. The number of piperazine rings is 1. The van der Waals surface area contributed by atoms with Gasteiger partial charge < -0.3 is 10.6 Å². The highest BCUT2D eigenvalue weighted by Crippen LogP contribution is 2.09. The minimum Gasteiger partial charge on any atom is -0.353 e. The molecular formula is C12H16N4O4S. The van der Waals surface area contributed by atoms with Gasteiger partial charge in [0.15, 0.2) is 0 Å². The number of benzene rings is 1. The predicted molar refractivity (Wildman–Crippen MR) is 74.5 cm³/mol. The normalized spacial score (nSPS) is 18.9. The molecule has 5 N–H and O–H groups in total. The first kappa shape index (κ1) is 15.4. The Labute approximate surface area is 122 Å². The Morgan fingerprint density at radius 1 is 1.43 bits per heavy atom. The lowest BCUT2D eigenvalue weighted by Gasteiger charge is -2.23. The summed E-state index contributed by atoms with van der Waals surface area (Å²) in [6.07, 6.45) is 0. The van der Waals surface area contributed by atoms with Crippen molar-refractivity contribution in [3.63, 3.8) is 0 Å². The van der Waals surface area contributed by atoms with E-state index in [0.717, 1.165) is 0 Å². The molecule has 21 heavy (non-hydrogen) atoms. The largest absolute Gasteiger partial charge is 0.353 e. The topological polar surface area (TPSA) is 130 Å². The molecule has 2 rings (SSSR count). The molecule has 1 saturated heterocycles. The molecular weight excluding hydrogens is 296 g/mol. The number of carbonyl (C=O) groups excluding carboxylic acids is 2. The fourth-order valence-electron chi connectivity index (χ4n) is 1.90. The van der Waals surface area contributed by atoms with Gasteiger partial charge in [-0.15, -0.1) is 0 Å². The van der Waals surface area contributed by atoms with E-state index in [1.807, 2.05) is 0 Å². The van der Waals surface area contributed by atoms with Crippen molar-refractivity contribution in [1.82, 2.24) is 16.0 Å². The minimum atomic E-state index is -3.76. The van der Waals surface area contributed by atoms with E-state index in [0.29, 0.717) is 5.56 Å². The van der Waals surface area contributed by atoms with E-state index in [1.165, 1.54) is 12.1 Å². The third-order valence-electron chi connectivity index (χ3n) is 3.02. The third-order valence-corrected chi connectivity index (χ3v) is 3.93. The van der Waals surface area contributed by atoms with Crippen molar-refractivity contribution in [2.75, 3.05) is 13.1 Å². The van der Waals surface area contributed by atoms with E-state index in [1.54, 1.807) is 12.1 Å². The van der Waals surface area contributed by atoms with Gasteiger partial charge in [0, 0.05) is 13.1 Å². The molecule has 1 aromatic carbocycles. The van der Waals surface area contributed by atoms with Gasteiger partial charge in [0.05, 0.1) is 11.4 Å². The summed E-state index contributed by atoms with van der Waals surface area (Å²) in [5.41, 5.74) is 0.620. The number of primary sulfonamides is 1. The van der Waals surface area contributed by atoms with Gasteiger partial charge in [-0.3, -0.25) is 14.9 Å². The van der Waals surface area contributed by atoms with Crippen molar-refractivity contribution >= 4 is 21.8 Å². The number of sulfonamides is 1. The molecule has 2 amide bonds. The van der Waals surface area contributed by atoms with Gasteiger partial charge in [0.1, 0.15) is 6.04 Å². The monoisotopic (exact) mass is 312 g/mol. The number of hydrogen-bond acceptors (Lipinski definition) is 5. The fourth-order valence-corrected chi connectivity index (χ4v) is 2.48. The lowest BCUT2D eigenvalue weighted by atomic mass is 10.2. The molecule has 0 bridgehead atoms. The molecule has 0 spiro atoms. The maximum atomic E-state index is 11.9. The first-order chi connectivity index (χ1) is 9.86. The number of amides is 2. The van der Waals surface area contributed by atoms with E-state index in [4.69, 9.17) is 5.14 Å². The number of nitrogens with one attached hydrogen (secondary N) is 3. The average molecular weight is 312 g/mol. The molecule has 1 aliphatic rings. The maximum Gasteiger partial charge on any atom is 0.239 e. The Kier molecular flexibility index (Phi) is 4.56. The summed E-state index contributed by atoms with van der Waals surface area (Å²) < 4.78 is 22.5. The van der Waals surface area contributed by atoms with Crippen LogP contribution >= 0.6 is 0 Å². The quantitative estimate of drug-likeness (QED) is 0.513. The maximum absolute atomic E-state index is 11.9. The van der Waals surface area contributed by atoms with Crippen LogP contribution in [0, 0.1) is 0 Å². The van der Waals surface area contributed by atoms with Gasteiger partial charge in [-0.05, 0) is 17.7 Å². The first-order valence-electron chi connectivity index (χ1n) is 6.26. The molecule has 1 atom stereocenters. The van der Waals surface area contributed by atoms with Gasteiger partial charge in [0.25, 0.3) is 0 Å². The van der Waals surface area contributed by atoms with Crippen molar-refractivity contribution in [3.8, 4) is 0 Å². The summed E-state index contributed by atoms with van der Waals surface area (Å²) >= 11 is 0. The Morgan fingerprint density at radius 2 is 2.19 bits per heavy atom. The van der Waals surface area contributed by atoms with Crippen LogP contribution < -0.4 is 21.1 Å². The van der Waals surface area contributed by atoms with Gasteiger partial charge in [-0.25, -0.2) is 13.6 Å². The highest BCUT2D eigenvalue weighted by atomic mass is 32.2. The van der Waals surface area contributed by atoms with Crippen LogP contribution in [0.25, 0.3) is 0 Å².